The summed E-state index contributed by atoms with van der Waals surface area (Å²) in [7, 11) is 0. The van der Waals surface area contributed by atoms with Crippen molar-refractivity contribution in [2.24, 2.45) is 11.1 Å². The zero-order valence-electron chi connectivity index (χ0n) is 14.9. The fourth-order valence-electron chi connectivity index (χ4n) is 3.71. The standard InChI is InChI=1S/C18H19N5O3S/c1-18(2)6-9(24)12-10(7-18)26-16-14(13(12)11-4-3-5-27-11)15(19)23(8-21-16)22-17(20)25/h3-5,8,13,19H,6-7H2,1-2H3,(H3,20,22,25)/t13-/m1/s1. The van der Waals surface area contributed by atoms with Crippen LogP contribution in [0.25, 0.3) is 0 Å². The lowest BCUT2D eigenvalue weighted by molar-refractivity contribution is -0.118. The number of carbonyl (C=O) groups excluding carboxylic acids is 2. The van der Waals surface area contributed by atoms with Crippen molar-refractivity contribution in [2.75, 3.05) is 5.43 Å². The van der Waals surface area contributed by atoms with Gasteiger partial charge >= 0.3 is 6.03 Å². The van der Waals surface area contributed by atoms with Crippen molar-refractivity contribution in [3.05, 3.63) is 51.1 Å². The number of rotatable bonds is 2. The van der Waals surface area contributed by atoms with E-state index in [1.807, 2.05) is 31.4 Å². The third-order valence-corrected chi connectivity index (χ3v) is 5.69. The Labute approximate surface area is 159 Å². The molecule has 2 aliphatic rings. The molecule has 0 saturated carbocycles. The van der Waals surface area contributed by atoms with Gasteiger partial charge in [0.05, 0.1) is 11.5 Å². The summed E-state index contributed by atoms with van der Waals surface area (Å²) in [5, 5.41) is 10.5. The highest BCUT2D eigenvalue weighted by atomic mass is 32.1. The van der Waals surface area contributed by atoms with E-state index >= 15 is 0 Å². The van der Waals surface area contributed by atoms with Crippen LogP contribution in [-0.4, -0.2) is 21.5 Å². The summed E-state index contributed by atoms with van der Waals surface area (Å²) >= 11 is 1.50. The Morgan fingerprint density at radius 1 is 1.48 bits per heavy atom. The molecule has 1 aliphatic carbocycles. The molecule has 0 aromatic carbocycles. The highest BCUT2D eigenvalue weighted by molar-refractivity contribution is 7.10. The van der Waals surface area contributed by atoms with Crippen molar-refractivity contribution in [1.29, 1.82) is 5.41 Å². The Hall–Kier alpha value is -2.94. The van der Waals surface area contributed by atoms with Crippen molar-refractivity contribution in [3.8, 4) is 5.88 Å². The lowest BCUT2D eigenvalue weighted by Crippen LogP contribution is -2.41. The molecule has 4 rings (SSSR count). The molecule has 2 aromatic heterocycles. The van der Waals surface area contributed by atoms with Gasteiger partial charge in [-0.15, -0.1) is 11.3 Å². The molecular weight excluding hydrogens is 366 g/mol. The molecule has 140 valence electrons. The van der Waals surface area contributed by atoms with Crippen molar-refractivity contribution in [1.82, 2.24) is 9.66 Å². The third kappa shape index (κ3) is 2.93. The average molecular weight is 385 g/mol. The Morgan fingerprint density at radius 2 is 2.26 bits per heavy atom. The molecule has 2 aromatic rings. The zero-order chi connectivity index (χ0) is 19.3. The average Bonchev–Trinajstić information content (AvgIpc) is 3.08. The second-order valence-electron chi connectivity index (χ2n) is 7.49. The first-order valence-electron chi connectivity index (χ1n) is 8.47. The minimum Gasteiger partial charge on any atom is -0.442 e. The number of amides is 2. The molecule has 2 amide bonds. The molecule has 1 aliphatic heterocycles. The minimum atomic E-state index is -0.810. The predicted octanol–water partition coefficient (Wildman–Crippen LogP) is 2.21. The van der Waals surface area contributed by atoms with E-state index < -0.39 is 11.9 Å². The highest BCUT2D eigenvalue weighted by Gasteiger charge is 2.43. The Bertz CT molecular complexity index is 1040. The molecule has 8 nitrogen and oxygen atoms in total. The topological polar surface area (TPSA) is 123 Å². The van der Waals surface area contributed by atoms with E-state index in [9.17, 15) is 9.59 Å². The molecule has 27 heavy (non-hydrogen) atoms. The van der Waals surface area contributed by atoms with Gasteiger partial charge < -0.3 is 10.5 Å². The van der Waals surface area contributed by atoms with E-state index in [1.165, 1.54) is 17.7 Å². The first-order valence-corrected chi connectivity index (χ1v) is 9.35. The molecule has 0 spiro atoms. The maximum Gasteiger partial charge on any atom is 0.331 e. The number of nitrogens with two attached hydrogens (primary N) is 1. The predicted molar refractivity (Wildman–Crippen MR) is 98.9 cm³/mol. The summed E-state index contributed by atoms with van der Waals surface area (Å²) in [6.45, 7) is 4.07. The summed E-state index contributed by atoms with van der Waals surface area (Å²) in [6.07, 6.45) is 2.32. The van der Waals surface area contributed by atoms with Crippen LogP contribution in [0.15, 0.2) is 35.2 Å². The molecule has 9 heteroatoms. The number of thiophene rings is 1. The number of primary amides is 1. The summed E-state index contributed by atoms with van der Waals surface area (Å²) in [5.74, 6) is 0.470. The van der Waals surface area contributed by atoms with Crippen LogP contribution in [0.2, 0.25) is 0 Å². The number of nitrogens with one attached hydrogen (secondary N) is 2. The number of ether oxygens (including phenoxy) is 1. The molecule has 0 bridgehead atoms. The number of ketones is 1. The van der Waals surface area contributed by atoms with E-state index in [-0.39, 0.29) is 22.6 Å². The number of hydrogen-bond donors (Lipinski definition) is 3. The van der Waals surface area contributed by atoms with Crippen molar-refractivity contribution in [3.63, 3.8) is 0 Å². The Balaban J connectivity index is 1.95. The zero-order valence-corrected chi connectivity index (χ0v) is 15.7. The molecular formula is C18H19N5O3S. The summed E-state index contributed by atoms with van der Waals surface area (Å²) in [5.41, 5.74) is 8.32. The third-order valence-electron chi connectivity index (χ3n) is 4.75. The van der Waals surface area contributed by atoms with E-state index in [2.05, 4.69) is 10.4 Å². The Kier molecular flexibility index (Phi) is 3.92. The normalized spacial score (nSPS) is 20.5. The van der Waals surface area contributed by atoms with Crippen molar-refractivity contribution >= 4 is 23.2 Å². The van der Waals surface area contributed by atoms with Crippen LogP contribution < -0.4 is 21.4 Å². The van der Waals surface area contributed by atoms with Crippen LogP contribution in [-0.2, 0) is 4.79 Å². The number of aromatic nitrogens is 2. The molecule has 0 fully saturated rings. The first kappa shape index (κ1) is 17.5. The SMILES string of the molecule is CC1(C)CC(=O)C2=C(C1)Oc1ncn(NC(N)=O)c(=N)c1[C@@H]2c1cccs1. The maximum atomic E-state index is 13.0. The van der Waals surface area contributed by atoms with Gasteiger partial charge in [-0.3, -0.25) is 10.2 Å². The number of allylic oxidation sites excluding steroid dienone is 2. The van der Waals surface area contributed by atoms with E-state index in [0.29, 0.717) is 29.7 Å². The van der Waals surface area contributed by atoms with Crippen molar-refractivity contribution in [2.45, 2.75) is 32.6 Å². The van der Waals surface area contributed by atoms with Gasteiger partial charge in [-0.05, 0) is 16.9 Å². The smallest absolute Gasteiger partial charge is 0.331 e. The molecule has 0 radical (unpaired) electrons. The lowest BCUT2D eigenvalue weighted by Gasteiger charge is -2.37. The van der Waals surface area contributed by atoms with Crippen LogP contribution >= 0.6 is 11.3 Å². The highest BCUT2D eigenvalue weighted by Crippen LogP contribution is 2.49. The molecule has 0 saturated heterocycles. The lowest BCUT2D eigenvalue weighted by atomic mass is 9.71. The number of urea groups is 1. The number of fused-ring (bicyclic) bond motifs is 1. The molecule has 3 heterocycles. The van der Waals surface area contributed by atoms with Gasteiger partial charge in [-0.25, -0.2) is 19.9 Å². The number of nitrogens with zero attached hydrogens (tertiary/aromatic N) is 2. The fourth-order valence-corrected chi connectivity index (χ4v) is 4.55. The number of hydrogen-bond acceptors (Lipinski definition) is 6. The molecule has 4 N–H and O–H groups in total. The second-order valence-corrected chi connectivity index (χ2v) is 8.47. The number of carbonyl (C=O) groups is 2. The molecule has 1 atom stereocenters. The van der Waals surface area contributed by atoms with Crippen LogP contribution in [0.4, 0.5) is 4.79 Å². The monoisotopic (exact) mass is 385 g/mol. The van der Waals surface area contributed by atoms with Gasteiger partial charge in [-0.1, -0.05) is 19.9 Å². The van der Waals surface area contributed by atoms with Gasteiger partial charge in [0.15, 0.2) is 11.3 Å². The van der Waals surface area contributed by atoms with Gasteiger partial charge in [0, 0.05) is 23.3 Å². The largest absolute Gasteiger partial charge is 0.442 e. The van der Waals surface area contributed by atoms with Crippen LogP contribution in [0.1, 0.15) is 43.0 Å². The first-order chi connectivity index (χ1) is 12.8. The van der Waals surface area contributed by atoms with E-state index in [1.54, 1.807) is 0 Å². The summed E-state index contributed by atoms with van der Waals surface area (Å²) < 4.78 is 7.12. The van der Waals surface area contributed by atoms with Crippen molar-refractivity contribution < 1.29 is 14.3 Å². The Morgan fingerprint density at radius 3 is 2.93 bits per heavy atom. The molecule has 0 unspecified atom stereocenters. The second kappa shape index (κ2) is 6.05. The van der Waals surface area contributed by atoms with Gasteiger partial charge in [0.1, 0.15) is 12.1 Å². The van der Waals surface area contributed by atoms with E-state index in [4.69, 9.17) is 15.9 Å². The quantitative estimate of drug-likeness (QED) is 0.733. The van der Waals surface area contributed by atoms with Gasteiger partial charge in [0.2, 0.25) is 5.88 Å². The summed E-state index contributed by atoms with van der Waals surface area (Å²) in [4.78, 5) is 29.4. The fraction of sp³-hybridized carbons (Fsp3) is 0.333. The van der Waals surface area contributed by atoms with Gasteiger partial charge in [-0.2, -0.15) is 0 Å². The van der Waals surface area contributed by atoms with E-state index in [0.717, 1.165) is 9.55 Å². The van der Waals surface area contributed by atoms with Crippen LogP contribution in [0.5, 0.6) is 5.88 Å². The summed E-state index contributed by atoms with van der Waals surface area (Å²) in [6, 6.07) is 3.03. The van der Waals surface area contributed by atoms with Crippen LogP contribution in [0, 0.1) is 10.8 Å². The number of Topliss-reactive ketones (excluding diaryl/α,β-unsaturated/α-hetero) is 1. The van der Waals surface area contributed by atoms with Crippen LogP contribution in [0.3, 0.4) is 0 Å². The maximum absolute atomic E-state index is 13.0. The van der Waals surface area contributed by atoms with Gasteiger partial charge in [0.25, 0.3) is 0 Å². The minimum absolute atomic E-state index is 0.0166.